The van der Waals surface area contributed by atoms with Gasteiger partial charge in [0, 0.05) is 45.5 Å². The van der Waals surface area contributed by atoms with Gasteiger partial charge < -0.3 is 14.5 Å². The highest BCUT2D eigenvalue weighted by Crippen LogP contribution is 2.18. The summed E-state index contributed by atoms with van der Waals surface area (Å²) in [5.41, 5.74) is 2.62. The van der Waals surface area contributed by atoms with Crippen LogP contribution in [-0.4, -0.2) is 68.3 Å². The first-order valence-corrected chi connectivity index (χ1v) is 8.07. The maximum Gasteiger partial charge on any atom is 0.409 e. The molecule has 1 aromatic rings. The van der Waals surface area contributed by atoms with E-state index in [2.05, 4.69) is 41.0 Å². The topological polar surface area (TPSA) is 36.0 Å². The minimum Gasteiger partial charge on any atom is -0.444 e. The molecule has 0 N–H and O–H groups in total. The number of aryl methyl sites for hydroxylation is 1. The molecule has 2 aliphatic rings. The molecule has 0 saturated carbocycles. The van der Waals surface area contributed by atoms with Crippen LogP contribution in [0.1, 0.15) is 12.0 Å². The average molecular weight is 303 g/mol. The first-order valence-electron chi connectivity index (χ1n) is 8.07. The highest BCUT2D eigenvalue weighted by atomic mass is 16.6. The number of ether oxygens (including phenoxy) is 1. The van der Waals surface area contributed by atoms with Crippen molar-refractivity contribution in [3.05, 3.63) is 29.8 Å². The third-order valence-electron chi connectivity index (χ3n) is 4.60. The quantitative estimate of drug-likeness (QED) is 0.852. The van der Waals surface area contributed by atoms with Crippen LogP contribution >= 0.6 is 0 Å². The molecule has 1 aromatic carbocycles. The summed E-state index contributed by atoms with van der Waals surface area (Å²) in [6.45, 7) is 8.13. The molecule has 1 unspecified atom stereocenters. The Morgan fingerprint density at radius 2 is 1.82 bits per heavy atom. The van der Waals surface area contributed by atoms with Gasteiger partial charge in [0.15, 0.2) is 0 Å². The van der Waals surface area contributed by atoms with E-state index < -0.39 is 0 Å². The standard InChI is InChI=1S/C17H25N3O2/c1-14-3-5-15(6-4-14)20-11-9-19(10-12-20)8-7-16-13-18(2)17(21)22-16/h3-6,16H,7-13H2,1-2H3. The van der Waals surface area contributed by atoms with Crippen molar-refractivity contribution in [3.63, 3.8) is 0 Å². The molecule has 2 aliphatic heterocycles. The van der Waals surface area contributed by atoms with Gasteiger partial charge in [-0.1, -0.05) is 17.7 Å². The maximum atomic E-state index is 11.3. The zero-order valence-electron chi connectivity index (χ0n) is 13.5. The number of carbonyl (C=O) groups is 1. The molecule has 1 amide bonds. The fourth-order valence-electron chi connectivity index (χ4n) is 3.11. The SMILES string of the molecule is Cc1ccc(N2CCN(CCC3CN(C)C(=O)O3)CC2)cc1. The van der Waals surface area contributed by atoms with E-state index in [1.54, 1.807) is 11.9 Å². The number of piperazine rings is 1. The predicted octanol–water partition coefficient (Wildman–Crippen LogP) is 1.96. The Labute approximate surface area is 132 Å². The van der Waals surface area contributed by atoms with E-state index in [9.17, 15) is 4.79 Å². The van der Waals surface area contributed by atoms with Crippen molar-refractivity contribution in [2.24, 2.45) is 0 Å². The van der Waals surface area contributed by atoms with E-state index >= 15 is 0 Å². The normalized spacial score (nSPS) is 23.0. The van der Waals surface area contributed by atoms with Crippen molar-refractivity contribution in [1.29, 1.82) is 0 Å². The summed E-state index contributed by atoms with van der Waals surface area (Å²) in [4.78, 5) is 17.9. The lowest BCUT2D eigenvalue weighted by Gasteiger charge is -2.36. The predicted molar refractivity (Wildman–Crippen MR) is 87.3 cm³/mol. The van der Waals surface area contributed by atoms with Crippen molar-refractivity contribution < 1.29 is 9.53 Å². The first kappa shape index (κ1) is 15.2. The molecule has 5 heteroatoms. The fourth-order valence-corrected chi connectivity index (χ4v) is 3.11. The lowest BCUT2D eigenvalue weighted by Crippen LogP contribution is -2.47. The van der Waals surface area contributed by atoms with Gasteiger partial charge in [-0.2, -0.15) is 0 Å². The van der Waals surface area contributed by atoms with E-state index in [1.807, 2.05) is 0 Å². The molecular formula is C17H25N3O2. The van der Waals surface area contributed by atoms with Crippen LogP contribution in [0.5, 0.6) is 0 Å². The number of amides is 1. The number of hydrogen-bond acceptors (Lipinski definition) is 4. The van der Waals surface area contributed by atoms with Gasteiger partial charge in [-0.3, -0.25) is 4.90 Å². The summed E-state index contributed by atoms with van der Waals surface area (Å²) < 4.78 is 5.32. The van der Waals surface area contributed by atoms with Gasteiger partial charge in [-0.05, 0) is 25.5 Å². The van der Waals surface area contributed by atoms with Gasteiger partial charge in [0.25, 0.3) is 0 Å². The Bertz CT molecular complexity index is 509. The third-order valence-corrected chi connectivity index (χ3v) is 4.60. The molecular weight excluding hydrogens is 278 g/mol. The molecule has 0 aromatic heterocycles. The van der Waals surface area contributed by atoms with Crippen LogP contribution in [0, 0.1) is 6.92 Å². The Kier molecular flexibility index (Phi) is 4.52. The number of hydrogen-bond donors (Lipinski definition) is 0. The zero-order valence-corrected chi connectivity index (χ0v) is 13.5. The second-order valence-electron chi connectivity index (χ2n) is 6.34. The smallest absolute Gasteiger partial charge is 0.409 e. The zero-order chi connectivity index (χ0) is 15.5. The molecule has 2 saturated heterocycles. The van der Waals surface area contributed by atoms with Crippen LogP contribution in [0.4, 0.5) is 10.5 Å². The van der Waals surface area contributed by atoms with E-state index in [0.717, 1.165) is 45.7 Å². The van der Waals surface area contributed by atoms with Crippen molar-refractivity contribution in [2.45, 2.75) is 19.4 Å². The van der Waals surface area contributed by atoms with Crippen molar-refractivity contribution in [1.82, 2.24) is 9.80 Å². The summed E-state index contributed by atoms with van der Waals surface area (Å²) in [6.07, 6.45) is 0.808. The van der Waals surface area contributed by atoms with E-state index in [0.29, 0.717) is 0 Å². The molecule has 2 fully saturated rings. The summed E-state index contributed by atoms with van der Waals surface area (Å²) >= 11 is 0. The molecule has 0 spiro atoms. The minimum atomic E-state index is -0.186. The van der Waals surface area contributed by atoms with Gasteiger partial charge >= 0.3 is 6.09 Å². The molecule has 1 atom stereocenters. The van der Waals surface area contributed by atoms with Gasteiger partial charge in [-0.25, -0.2) is 4.79 Å². The second-order valence-corrected chi connectivity index (χ2v) is 6.34. The van der Waals surface area contributed by atoms with Gasteiger partial charge in [0.05, 0.1) is 6.54 Å². The Morgan fingerprint density at radius 3 is 2.41 bits per heavy atom. The van der Waals surface area contributed by atoms with Crippen LogP contribution in [0.3, 0.4) is 0 Å². The van der Waals surface area contributed by atoms with Gasteiger partial charge in [-0.15, -0.1) is 0 Å². The minimum absolute atomic E-state index is 0.0626. The molecule has 22 heavy (non-hydrogen) atoms. The fraction of sp³-hybridized carbons (Fsp3) is 0.588. The van der Waals surface area contributed by atoms with Crippen LogP contribution in [0.2, 0.25) is 0 Å². The molecule has 5 nitrogen and oxygen atoms in total. The largest absolute Gasteiger partial charge is 0.444 e. The number of rotatable bonds is 4. The van der Waals surface area contributed by atoms with Crippen molar-refractivity contribution in [3.8, 4) is 0 Å². The highest BCUT2D eigenvalue weighted by Gasteiger charge is 2.28. The number of anilines is 1. The molecule has 120 valence electrons. The molecule has 2 heterocycles. The Hall–Kier alpha value is -1.75. The maximum absolute atomic E-state index is 11.3. The monoisotopic (exact) mass is 303 g/mol. The van der Waals surface area contributed by atoms with E-state index in [-0.39, 0.29) is 12.2 Å². The average Bonchev–Trinajstić information content (AvgIpc) is 2.85. The summed E-state index contributed by atoms with van der Waals surface area (Å²) in [5.74, 6) is 0. The number of cyclic esters (lactones) is 1. The highest BCUT2D eigenvalue weighted by molar-refractivity contribution is 5.69. The summed E-state index contributed by atoms with van der Waals surface area (Å²) in [6, 6.07) is 8.76. The lowest BCUT2D eigenvalue weighted by atomic mass is 10.2. The van der Waals surface area contributed by atoms with E-state index in [1.165, 1.54) is 11.3 Å². The lowest BCUT2D eigenvalue weighted by molar-refractivity contribution is 0.121. The second kappa shape index (κ2) is 6.57. The molecule has 0 aliphatic carbocycles. The van der Waals surface area contributed by atoms with Crippen LogP contribution in [0.15, 0.2) is 24.3 Å². The van der Waals surface area contributed by atoms with Gasteiger partial charge in [0.1, 0.15) is 6.10 Å². The number of nitrogens with zero attached hydrogens (tertiary/aromatic N) is 3. The number of carbonyl (C=O) groups excluding carboxylic acids is 1. The summed E-state index contributed by atoms with van der Waals surface area (Å²) in [5, 5.41) is 0. The van der Waals surface area contributed by atoms with E-state index in [4.69, 9.17) is 4.74 Å². The van der Waals surface area contributed by atoms with Crippen molar-refractivity contribution >= 4 is 11.8 Å². The van der Waals surface area contributed by atoms with Gasteiger partial charge in [0.2, 0.25) is 0 Å². The molecule has 0 radical (unpaired) electrons. The number of benzene rings is 1. The van der Waals surface area contributed by atoms with Crippen LogP contribution in [-0.2, 0) is 4.74 Å². The molecule has 0 bridgehead atoms. The van der Waals surface area contributed by atoms with Crippen LogP contribution in [0.25, 0.3) is 0 Å². The number of likely N-dealkylation sites (N-methyl/N-ethyl adjacent to an activating group) is 1. The van der Waals surface area contributed by atoms with Crippen LogP contribution < -0.4 is 4.90 Å². The third kappa shape index (κ3) is 3.53. The summed E-state index contributed by atoms with van der Waals surface area (Å²) in [7, 11) is 1.79. The molecule has 3 rings (SSSR count). The Morgan fingerprint density at radius 1 is 1.14 bits per heavy atom. The van der Waals surface area contributed by atoms with Crippen molar-refractivity contribution in [2.75, 3.05) is 51.2 Å². The first-order chi connectivity index (χ1) is 10.6. The Balaban J connectivity index is 1.42.